The molecule has 1 aromatic heterocycles. The number of nitrogens with zero attached hydrogens (tertiary/aromatic N) is 4. The highest BCUT2D eigenvalue weighted by Crippen LogP contribution is 2.28. The second-order valence-electron chi connectivity index (χ2n) is 7.20. The number of likely N-dealkylation sites (tertiary alicyclic amines) is 1. The third-order valence-corrected chi connectivity index (χ3v) is 5.42. The zero-order valence-electron chi connectivity index (χ0n) is 14.4. The molecule has 0 unspecified atom stereocenters. The lowest BCUT2D eigenvalue weighted by atomic mass is 10.0. The van der Waals surface area contributed by atoms with Crippen LogP contribution in [0.25, 0.3) is 5.69 Å². The number of halogens is 1. The minimum Gasteiger partial charge on any atom is -0.335 e. The first-order valence-electron chi connectivity index (χ1n) is 8.76. The van der Waals surface area contributed by atoms with E-state index in [2.05, 4.69) is 15.4 Å². The molecule has 2 saturated heterocycles. The Bertz CT molecular complexity index is 791. The molecule has 0 aliphatic carbocycles. The summed E-state index contributed by atoms with van der Waals surface area (Å²) in [5.74, 6) is 2.17. The van der Waals surface area contributed by atoms with Crippen LogP contribution in [-0.4, -0.2) is 51.8 Å². The van der Waals surface area contributed by atoms with Crippen LogP contribution in [0.2, 0.25) is 5.02 Å². The van der Waals surface area contributed by atoms with Crippen molar-refractivity contribution in [2.75, 3.05) is 26.2 Å². The molecule has 2 aliphatic heterocycles. The van der Waals surface area contributed by atoms with Crippen LogP contribution in [0, 0.1) is 11.8 Å². The number of nitrogens with one attached hydrogen (secondary N) is 1. The van der Waals surface area contributed by atoms with Crippen molar-refractivity contribution in [3.8, 4) is 5.69 Å². The summed E-state index contributed by atoms with van der Waals surface area (Å²) < 4.78 is 1.71. The van der Waals surface area contributed by atoms with E-state index in [1.807, 2.05) is 43.0 Å². The molecule has 2 aliphatic rings. The van der Waals surface area contributed by atoms with E-state index in [-0.39, 0.29) is 17.6 Å². The highest BCUT2D eigenvalue weighted by Gasteiger charge is 2.39. The summed E-state index contributed by atoms with van der Waals surface area (Å²) in [6.45, 7) is 7.64. The third-order valence-electron chi connectivity index (χ3n) is 5.10. The predicted molar refractivity (Wildman–Crippen MR) is 96.2 cm³/mol. The van der Waals surface area contributed by atoms with Crippen LogP contribution in [0.15, 0.2) is 24.3 Å². The Balaban J connectivity index is 1.66. The van der Waals surface area contributed by atoms with Crippen molar-refractivity contribution in [3.63, 3.8) is 0 Å². The van der Waals surface area contributed by atoms with Crippen LogP contribution >= 0.6 is 11.6 Å². The lowest BCUT2D eigenvalue weighted by Crippen LogP contribution is -2.32. The summed E-state index contributed by atoms with van der Waals surface area (Å²) in [6.07, 6.45) is 0. The zero-order valence-corrected chi connectivity index (χ0v) is 15.2. The van der Waals surface area contributed by atoms with E-state index in [0.29, 0.717) is 16.9 Å². The minimum absolute atomic E-state index is 0.0814. The average Bonchev–Trinajstić information content (AvgIpc) is 3.28. The fourth-order valence-electron chi connectivity index (χ4n) is 3.75. The summed E-state index contributed by atoms with van der Waals surface area (Å²) in [5.41, 5.74) is 0.752. The van der Waals surface area contributed by atoms with E-state index >= 15 is 0 Å². The number of amides is 1. The van der Waals surface area contributed by atoms with Crippen LogP contribution in [0.5, 0.6) is 0 Å². The van der Waals surface area contributed by atoms with Gasteiger partial charge in [-0.15, -0.1) is 5.10 Å². The molecule has 2 atom stereocenters. The molecule has 3 heterocycles. The number of aromatic nitrogens is 3. The molecule has 2 fully saturated rings. The van der Waals surface area contributed by atoms with E-state index < -0.39 is 0 Å². The van der Waals surface area contributed by atoms with Crippen molar-refractivity contribution >= 4 is 17.5 Å². The zero-order chi connectivity index (χ0) is 17.6. The van der Waals surface area contributed by atoms with E-state index in [0.717, 1.165) is 37.7 Å². The van der Waals surface area contributed by atoms with Crippen LogP contribution in [0.3, 0.4) is 0 Å². The van der Waals surface area contributed by atoms with Gasteiger partial charge in [0.15, 0.2) is 0 Å². The molecule has 7 heteroatoms. The minimum atomic E-state index is -0.0814. The number of carbonyl (C=O) groups excluding carboxylic acids is 1. The molecule has 6 nitrogen and oxygen atoms in total. The molecule has 0 saturated carbocycles. The van der Waals surface area contributed by atoms with E-state index in [1.165, 1.54) is 0 Å². The molecule has 1 N–H and O–H groups in total. The standard InChI is InChI=1S/C18H22ClN5O/c1-11(2)17-21-16(22-24(17)15-6-4-3-5-14(15)19)18(25)23-9-12-7-20-8-13(12)10-23/h3-6,11-13,20H,7-10H2,1-2H3/t12-,13+. The van der Waals surface area contributed by atoms with Gasteiger partial charge in [0.25, 0.3) is 5.91 Å². The molecule has 2 aromatic rings. The number of para-hydroxylation sites is 1. The quantitative estimate of drug-likeness (QED) is 0.913. The monoisotopic (exact) mass is 359 g/mol. The van der Waals surface area contributed by atoms with Crippen molar-refractivity contribution in [2.24, 2.45) is 11.8 Å². The van der Waals surface area contributed by atoms with Crippen LogP contribution < -0.4 is 5.32 Å². The number of fused-ring (bicyclic) bond motifs is 1. The third kappa shape index (κ3) is 2.93. The van der Waals surface area contributed by atoms with Gasteiger partial charge in [-0.25, -0.2) is 9.67 Å². The lowest BCUT2D eigenvalue weighted by molar-refractivity contribution is 0.0769. The SMILES string of the molecule is CC(C)c1nc(C(=O)N2C[C@H]3CNC[C@H]3C2)nn1-c1ccccc1Cl. The highest BCUT2D eigenvalue weighted by atomic mass is 35.5. The number of carbonyl (C=O) groups is 1. The van der Waals surface area contributed by atoms with Crippen molar-refractivity contribution in [1.29, 1.82) is 0 Å². The molecular formula is C18H22ClN5O. The van der Waals surface area contributed by atoms with Crippen LogP contribution in [0.4, 0.5) is 0 Å². The van der Waals surface area contributed by atoms with Gasteiger partial charge in [0.05, 0.1) is 10.7 Å². The molecule has 0 spiro atoms. The van der Waals surface area contributed by atoms with Crippen molar-refractivity contribution in [1.82, 2.24) is 25.0 Å². The average molecular weight is 360 g/mol. The largest absolute Gasteiger partial charge is 0.335 e. The lowest BCUT2D eigenvalue weighted by Gasteiger charge is -2.15. The molecule has 1 amide bonds. The Morgan fingerprint density at radius 1 is 1.24 bits per heavy atom. The molecule has 25 heavy (non-hydrogen) atoms. The molecular weight excluding hydrogens is 338 g/mol. The Hall–Kier alpha value is -1.92. The Morgan fingerprint density at radius 2 is 1.92 bits per heavy atom. The first-order valence-corrected chi connectivity index (χ1v) is 9.14. The maximum Gasteiger partial charge on any atom is 0.293 e. The number of rotatable bonds is 3. The van der Waals surface area contributed by atoms with E-state index in [9.17, 15) is 4.79 Å². The van der Waals surface area contributed by atoms with E-state index in [4.69, 9.17) is 11.6 Å². The van der Waals surface area contributed by atoms with Gasteiger partial charge < -0.3 is 10.2 Å². The van der Waals surface area contributed by atoms with Gasteiger partial charge in [0.2, 0.25) is 5.82 Å². The van der Waals surface area contributed by atoms with Crippen molar-refractivity contribution in [2.45, 2.75) is 19.8 Å². The summed E-state index contributed by atoms with van der Waals surface area (Å²) >= 11 is 6.33. The number of hydrogen-bond acceptors (Lipinski definition) is 4. The molecule has 4 rings (SSSR count). The second-order valence-corrected chi connectivity index (χ2v) is 7.61. The molecule has 132 valence electrons. The van der Waals surface area contributed by atoms with Gasteiger partial charge in [-0.2, -0.15) is 0 Å². The fraction of sp³-hybridized carbons (Fsp3) is 0.500. The maximum atomic E-state index is 12.9. The first kappa shape index (κ1) is 16.5. The van der Waals surface area contributed by atoms with Gasteiger partial charge >= 0.3 is 0 Å². The topological polar surface area (TPSA) is 63.1 Å². The second kappa shape index (κ2) is 6.42. The van der Waals surface area contributed by atoms with Crippen LogP contribution in [-0.2, 0) is 0 Å². The van der Waals surface area contributed by atoms with Gasteiger partial charge in [-0.3, -0.25) is 4.79 Å². The van der Waals surface area contributed by atoms with Gasteiger partial charge in [0.1, 0.15) is 5.82 Å². The summed E-state index contributed by atoms with van der Waals surface area (Å²) in [6, 6.07) is 7.49. The Morgan fingerprint density at radius 3 is 2.56 bits per heavy atom. The van der Waals surface area contributed by atoms with Gasteiger partial charge in [-0.05, 0) is 24.0 Å². The summed E-state index contributed by atoms with van der Waals surface area (Å²) in [4.78, 5) is 19.4. The maximum absolute atomic E-state index is 12.9. The van der Waals surface area contributed by atoms with E-state index in [1.54, 1.807) is 4.68 Å². The summed E-state index contributed by atoms with van der Waals surface area (Å²) in [7, 11) is 0. The van der Waals surface area contributed by atoms with Gasteiger partial charge in [0, 0.05) is 32.1 Å². The number of benzene rings is 1. The molecule has 0 radical (unpaired) electrons. The van der Waals surface area contributed by atoms with Crippen LogP contribution in [0.1, 0.15) is 36.2 Å². The smallest absolute Gasteiger partial charge is 0.293 e. The normalized spacial score (nSPS) is 22.6. The van der Waals surface area contributed by atoms with Crippen molar-refractivity contribution in [3.05, 3.63) is 40.9 Å². The first-order chi connectivity index (χ1) is 12.0. The fourth-order valence-corrected chi connectivity index (χ4v) is 3.97. The highest BCUT2D eigenvalue weighted by molar-refractivity contribution is 6.32. The Labute approximate surface area is 152 Å². The molecule has 1 aromatic carbocycles. The predicted octanol–water partition coefficient (Wildman–Crippen LogP) is 2.34. The van der Waals surface area contributed by atoms with Crippen molar-refractivity contribution < 1.29 is 4.79 Å². The molecule has 0 bridgehead atoms. The number of hydrogen-bond donors (Lipinski definition) is 1. The van der Waals surface area contributed by atoms with Gasteiger partial charge in [-0.1, -0.05) is 37.6 Å². The Kier molecular flexibility index (Phi) is 4.25. The summed E-state index contributed by atoms with van der Waals surface area (Å²) in [5, 5.41) is 8.50.